The number of carbonyl (C=O) groups is 2. The average Bonchev–Trinajstić information content (AvgIpc) is 3.20. The Morgan fingerprint density at radius 2 is 1.62 bits per heavy atom. The average molecular weight is 529 g/mol. The molecule has 2 amide bonds. The number of carbonyl (C=O) groups excluding carboxylic acids is 2. The quantitative estimate of drug-likeness (QED) is 0.559. The first kappa shape index (κ1) is 25.5. The van der Waals surface area contributed by atoms with Crippen molar-refractivity contribution in [3.05, 3.63) is 54.6 Å². The second kappa shape index (κ2) is 10.3. The van der Waals surface area contributed by atoms with Crippen LogP contribution in [0.5, 0.6) is 5.75 Å². The summed E-state index contributed by atoms with van der Waals surface area (Å²) in [4.78, 5) is 32.4. The Morgan fingerprint density at radius 3 is 2.24 bits per heavy atom. The number of morpholine rings is 1. The van der Waals surface area contributed by atoms with Gasteiger partial charge in [-0.1, -0.05) is 18.2 Å². The maximum Gasteiger partial charge on any atom is 0.250 e. The van der Waals surface area contributed by atoms with E-state index in [0.717, 1.165) is 5.69 Å². The largest absolute Gasteiger partial charge is 0.497 e. The maximum atomic E-state index is 13.9. The molecule has 0 aliphatic carbocycles. The summed E-state index contributed by atoms with van der Waals surface area (Å²) in [6.45, 7) is 2.72. The van der Waals surface area contributed by atoms with Gasteiger partial charge in [-0.05, 0) is 49.2 Å². The summed E-state index contributed by atoms with van der Waals surface area (Å²) < 4.78 is 38.6. The Hall–Kier alpha value is -3.15. The van der Waals surface area contributed by atoms with Gasteiger partial charge < -0.3 is 24.2 Å². The topological polar surface area (TPSA) is 99.7 Å². The van der Waals surface area contributed by atoms with Crippen molar-refractivity contribution in [2.24, 2.45) is 0 Å². The molecule has 3 fully saturated rings. The Kier molecular flexibility index (Phi) is 7.11. The zero-order chi connectivity index (χ0) is 26.0. The highest BCUT2D eigenvalue weighted by atomic mass is 32.2. The first-order chi connectivity index (χ1) is 17.8. The highest BCUT2D eigenvalue weighted by Crippen LogP contribution is 2.40. The zero-order valence-electron chi connectivity index (χ0n) is 20.9. The molecule has 0 bridgehead atoms. The normalized spacial score (nSPS) is 20.5. The van der Waals surface area contributed by atoms with Crippen LogP contribution in [0.25, 0.3) is 0 Å². The number of rotatable bonds is 6. The number of amides is 2. The third-order valence-electron chi connectivity index (χ3n) is 7.52. The van der Waals surface area contributed by atoms with Crippen LogP contribution in [0.1, 0.15) is 12.8 Å². The zero-order valence-corrected chi connectivity index (χ0v) is 21.7. The van der Waals surface area contributed by atoms with Crippen LogP contribution in [-0.2, 0) is 24.3 Å². The van der Waals surface area contributed by atoms with Crippen LogP contribution in [0.3, 0.4) is 0 Å². The third-order valence-corrected chi connectivity index (χ3v) is 9.43. The van der Waals surface area contributed by atoms with E-state index in [1.807, 2.05) is 35.2 Å². The lowest BCUT2D eigenvalue weighted by molar-refractivity contribution is -0.143. The van der Waals surface area contributed by atoms with Gasteiger partial charge in [0.05, 0.1) is 31.9 Å². The number of piperidine rings is 1. The number of benzene rings is 2. The molecule has 3 aliphatic rings. The molecule has 5 rings (SSSR count). The van der Waals surface area contributed by atoms with Crippen LogP contribution >= 0.6 is 0 Å². The number of anilines is 1. The molecule has 0 unspecified atom stereocenters. The molecule has 198 valence electrons. The predicted octanol–water partition coefficient (Wildman–Crippen LogP) is 1.38. The molecular weight excluding hydrogens is 496 g/mol. The molecule has 1 spiro atoms. The van der Waals surface area contributed by atoms with Gasteiger partial charge in [0.15, 0.2) is 0 Å². The van der Waals surface area contributed by atoms with Crippen molar-refractivity contribution in [1.29, 1.82) is 0 Å². The van der Waals surface area contributed by atoms with E-state index in [1.165, 1.54) is 23.5 Å². The lowest BCUT2D eigenvalue weighted by atomic mass is 9.86. The Morgan fingerprint density at radius 1 is 0.973 bits per heavy atom. The first-order valence-electron chi connectivity index (χ1n) is 12.5. The van der Waals surface area contributed by atoms with Crippen molar-refractivity contribution in [3.63, 3.8) is 0 Å². The van der Waals surface area contributed by atoms with Crippen molar-refractivity contribution >= 4 is 27.5 Å². The van der Waals surface area contributed by atoms with Crippen LogP contribution in [0, 0.1) is 0 Å². The van der Waals surface area contributed by atoms with E-state index in [1.54, 1.807) is 21.9 Å². The molecule has 10 nitrogen and oxygen atoms in total. The lowest BCUT2D eigenvalue weighted by Gasteiger charge is -2.42. The number of hydrogen-bond acceptors (Lipinski definition) is 7. The van der Waals surface area contributed by atoms with E-state index in [0.29, 0.717) is 44.9 Å². The van der Waals surface area contributed by atoms with E-state index in [4.69, 9.17) is 9.47 Å². The molecule has 3 heterocycles. The first-order valence-corrected chi connectivity index (χ1v) is 13.9. The van der Waals surface area contributed by atoms with Crippen molar-refractivity contribution in [2.45, 2.75) is 23.3 Å². The van der Waals surface area contributed by atoms with Crippen molar-refractivity contribution in [3.8, 4) is 5.75 Å². The standard InChI is InChI=1S/C26H32N4O6S/c1-35-22-7-9-23(10-8-22)37(33,34)29-13-11-26(12-14-29)25(32)28(19-24(31)27-15-17-36-18-16-27)20-30(26)21-5-3-2-4-6-21/h2-10H,11-20H2,1H3. The van der Waals surface area contributed by atoms with Crippen molar-refractivity contribution < 1.29 is 27.5 Å². The maximum absolute atomic E-state index is 13.9. The number of hydrogen-bond donors (Lipinski definition) is 0. The van der Waals surface area contributed by atoms with E-state index >= 15 is 0 Å². The number of para-hydroxylation sites is 1. The van der Waals surface area contributed by atoms with E-state index in [9.17, 15) is 18.0 Å². The minimum absolute atomic E-state index is 0.00220. The predicted molar refractivity (Wildman–Crippen MR) is 137 cm³/mol. The monoisotopic (exact) mass is 528 g/mol. The summed E-state index contributed by atoms with van der Waals surface area (Å²) >= 11 is 0. The Labute approximate surface area is 217 Å². The molecule has 0 aromatic heterocycles. The summed E-state index contributed by atoms with van der Waals surface area (Å²) in [5.74, 6) is 0.360. The molecule has 37 heavy (non-hydrogen) atoms. The number of ether oxygens (including phenoxy) is 2. The van der Waals surface area contributed by atoms with Gasteiger partial charge in [0.25, 0.3) is 0 Å². The van der Waals surface area contributed by atoms with Gasteiger partial charge in [-0.25, -0.2) is 8.42 Å². The smallest absolute Gasteiger partial charge is 0.250 e. The summed E-state index contributed by atoms with van der Waals surface area (Å²) in [5, 5.41) is 0. The highest BCUT2D eigenvalue weighted by Gasteiger charge is 2.55. The van der Waals surface area contributed by atoms with Crippen molar-refractivity contribution in [2.75, 3.05) is 64.6 Å². The highest BCUT2D eigenvalue weighted by molar-refractivity contribution is 7.89. The molecular formula is C26H32N4O6S. The van der Waals surface area contributed by atoms with E-state index in [2.05, 4.69) is 0 Å². The van der Waals surface area contributed by atoms with Crippen LogP contribution in [0.15, 0.2) is 59.5 Å². The number of methoxy groups -OCH3 is 1. The van der Waals surface area contributed by atoms with Gasteiger partial charge in [0.2, 0.25) is 21.8 Å². The van der Waals surface area contributed by atoms with Crippen LogP contribution in [0.2, 0.25) is 0 Å². The summed E-state index contributed by atoms with van der Waals surface area (Å²) in [5.41, 5.74) is -0.0258. The van der Waals surface area contributed by atoms with Gasteiger partial charge >= 0.3 is 0 Å². The van der Waals surface area contributed by atoms with Gasteiger partial charge in [0.1, 0.15) is 17.8 Å². The SMILES string of the molecule is COc1ccc(S(=O)(=O)N2CCC3(CC2)C(=O)N(CC(=O)N2CCOCC2)CN3c2ccccc2)cc1. The second-order valence-electron chi connectivity index (χ2n) is 9.51. The second-order valence-corrected chi connectivity index (χ2v) is 11.5. The van der Waals surface area contributed by atoms with E-state index in [-0.39, 0.29) is 43.0 Å². The van der Waals surface area contributed by atoms with E-state index < -0.39 is 15.6 Å². The lowest BCUT2D eigenvalue weighted by Crippen LogP contribution is -2.57. The van der Waals surface area contributed by atoms with Gasteiger partial charge in [0, 0.05) is 31.9 Å². The van der Waals surface area contributed by atoms with Gasteiger partial charge in [-0.15, -0.1) is 0 Å². The molecule has 2 aromatic rings. The fraction of sp³-hybridized carbons (Fsp3) is 0.462. The third kappa shape index (κ3) is 4.78. The molecule has 0 atom stereocenters. The van der Waals surface area contributed by atoms with Crippen LogP contribution < -0.4 is 9.64 Å². The summed E-state index contributed by atoms with van der Waals surface area (Å²) in [6.07, 6.45) is 0.663. The fourth-order valence-electron chi connectivity index (χ4n) is 5.39. The minimum atomic E-state index is -3.72. The van der Waals surface area contributed by atoms with Crippen LogP contribution in [-0.4, -0.2) is 99.6 Å². The van der Waals surface area contributed by atoms with Crippen molar-refractivity contribution in [1.82, 2.24) is 14.1 Å². The number of nitrogens with zero attached hydrogens (tertiary/aromatic N) is 4. The molecule has 3 saturated heterocycles. The summed E-state index contributed by atoms with van der Waals surface area (Å²) in [7, 11) is -2.19. The molecule has 0 saturated carbocycles. The van der Waals surface area contributed by atoms with Gasteiger partial charge in [-0.3, -0.25) is 9.59 Å². The molecule has 2 aromatic carbocycles. The number of sulfonamides is 1. The Balaban J connectivity index is 1.36. The van der Waals surface area contributed by atoms with Crippen LogP contribution in [0.4, 0.5) is 5.69 Å². The fourth-order valence-corrected chi connectivity index (χ4v) is 6.83. The minimum Gasteiger partial charge on any atom is -0.497 e. The summed E-state index contributed by atoms with van der Waals surface area (Å²) in [6, 6.07) is 16.0. The molecule has 0 radical (unpaired) electrons. The molecule has 3 aliphatic heterocycles. The van der Waals surface area contributed by atoms with Gasteiger partial charge in [-0.2, -0.15) is 4.31 Å². The Bertz CT molecular complexity index is 1220. The molecule has 0 N–H and O–H groups in total. The molecule has 11 heteroatoms.